The van der Waals surface area contributed by atoms with Crippen LogP contribution in [0.1, 0.15) is 35.6 Å². The Morgan fingerprint density at radius 1 is 1.21 bits per heavy atom. The Labute approximate surface area is 85.1 Å². The molecule has 0 saturated carbocycles. The summed E-state index contributed by atoms with van der Waals surface area (Å²) in [6, 6.07) is 2.30. The van der Waals surface area contributed by atoms with Crippen LogP contribution in [0.15, 0.2) is 6.07 Å². The van der Waals surface area contributed by atoms with Crippen LogP contribution in [0, 0.1) is 0 Å². The third-order valence-electron chi connectivity index (χ3n) is 3.55. The number of benzene rings is 1. The molecule has 3 rings (SSSR count). The summed E-state index contributed by atoms with van der Waals surface area (Å²) in [5.74, 6) is 1.18. The van der Waals surface area contributed by atoms with Gasteiger partial charge in [0, 0.05) is 12.0 Å². The van der Waals surface area contributed by atoms with E-state index in [2.05, 4.69) is 13.0 Å². The summed E-state index contributed by atoms with van der Waals surface area (Å²) in [4.78, 5) is 0. The summed E-state index contributed by atoms with van der Waals surface area (Å²) in [6.45, 7) is 3.16. The van der Waals surface area contributed by atoms with Crippen LogP contribution in [-0.4, -0.2) is 6.61 Å². The largest absolute Gasteiger partial charge is 0.493 e. The minimum absolute atomic E-state index is 0.894. The smallest absolute Gasteiger partial charge is 0.123 e. The lowest BCUT2D eigenvalue weighted by atomic mass is 9.94. The normalized spacial score (nSPS) is 17.8. The SMILES string of the molecule is CCc1c2c(cc3c1CCO3)CCC2. The third kappa shape index (κ3) is 1.01. The molecule has 0 amide bonds. The minimum Gasteiger partial charge on any atom is -0.493 e. The van der Waals surface area contributed by atoms with Gasteiger partial charge in [0.2, 0.25) is 0 Å². The molecule has 1 aromatic rings. The maximum Gasteiger partial charge on any atom is 0.123 e. The molecule has 0 fully saturated rings. The van der Waals surface area contributed by atoms with Gasteiger partial charge in [0.25, 0.3) is 0 Å². The van der Waals surface area contributed by atoms with Gasteiger partial charge in [-0.1, -0.05) is 6.92 Å². The highest BCUT2D eigenvalue weighted by Gasteiger charge is 2.23. The van der Waals surface area contributed by atoms with Gasteiger partial charge in [0.1, 0.15) is 5.75 Å². The van der Waals surface area contributed by atoms with E-state index in [4.69, 9.17) is 4.74 Å². The van der Waals surface area contributed by atoms with Gasteiger partial charge in [0.15, 0.2) is 0 Å². The fourth-order valence-corrected chi connectivity index (χ4v) is 2.94. The first-order chi connectivity index (χ1) is 6.90. The molecular weight excluding hydrogens is 172 g/mol. The first-order valence-corrected chi connectivity index (χ1v) is 5.69. The van der Waals surface area contributed by atoms with Crippen LogP contribution in [0.2, 0.25) is 0 Å². The minimum atomic E-state index is 0.894. The second-order valence-electron chi connectivity index (χ2n) is 4.28. The first kappa shape index (κ1) is 8.34. The van der Waals surface area contributed by atoms with E-state index in [1.165, 1.54) is 37.0 Å². The van der Waals surface area contributed by atoms with Crippen LogP contribution >= 0.6 is 0 Å². The summed E-state index contributed by atoms with van der Waals surface area (Å²) < 4.78 is 5.67. The zero-order chi connectivity index (χ0) is 9.54. The molecule has 0 bridgehead atoms. The van der Waals surface area contributed by atoms with Crippen molar-refractivity contribution in [3.05, 3.63) is 28.3 Å². The lowest BCUT2D eigenvalue weighted by Crippen LogP contribution is -1.96. The molecule has 1 heteroatoms. The van der Waals surface area contributed by atoms with Crippen molar-refractivity contribution >= 4 is 0 Å². The zero-order valence-electron chi connectivity index (χ0n) is 8.73. The summed E-state index contributed by atoms with van der Waals surface area (Å²) in [5.41, 5.74) is 6.32. The van der Waals surface area contributed by atoms with E-state index in [1.807, 2.05) is 0 Å². The monoisotopic (exact) mass is 188 g/mol. The molecule has 1 aliphatic heterocycles. The van der Waals surface area contributed by atoms with Gasteiger partial charge in [-0.15, -0.1) is 0 Å². The highest BCUT2D eigenvalue weighted by molar-refractivity contribution is 5.53. The molecule has 1 aromatic carbocycles. The lowest BCUT2D eigenvalue weighted by Gasteiger charge is -2.11. The van der Waals surface area contributed by atoms with Crippen molar-refractivity contribution in [3.63, 3.8) is 0 Å². The van der Waals surface area contributed by atoms with Gasteiger partial charge in [-0.05, 0) is 48.4 Å². The maximum atomic E-state index is 5.67. The van der Waals surface area contributed by atoms with Crippen molar-refractivity contribution in [1.29, 1.82) is 0 Å². The van der Waals surface area contributed by atoms with Crippen molar-refractivity contribution in [2.24, 2.45) is 0 Å². The standard InChI is InChI=1S/C13H16O/c1-2-10-11-5-3-4-9(11)8-13-12(10)6-7-14-13/h8H,2-7H2,1H3. The highest BCUT2D eigenvalue weighted by atomic mass is 16.5. The Morgan fingerprint density at radius 2 is 2.14 bits per heavy atom. The fourth-order valence-electron chi connectivity index (χ4n) is 2.94. The second-order valence-corrected chi connectivity index (χ2v) is 4.28. The third-order valence-corrected chi connectivity index (χ3v) is 3.55. The van der Waals surface area contributed by atoms with Crippen LogP contribution in [0.5, 0.6) is 5.75 Å². The van der Waals surface area contributed by atoms with Crippen LogP contribution < -0.4 is 4.74 Å². The highest BCUT2D eigenvalue weighted by Crippen LogP contribution is 2.37. The number of ether oxygens (including phenoxy) is 1. The van der Waals surface area contributed by atoms with E-state index in [-0.39, 0.29) is 0 Å². The molecule has 0 N–H and O–H groups in total. The van der Waals surface area contributed by atoms with Crippen LogP contribution in [0.4, 0.5) is 0 Å². The summed E-state index contributed by atoms with van der Waals surface area (Å²) in [6.07, 6.45) is 6.20. The van der Waals surface area contributed by atoms with E-state index < -0.39 is 0 Å². The molecule has 0 atom stereocenters. The predicted molar refractivity (Wildman–Crippen MR) is 57.0 cm³/mol. The van der Waals surface area contributed by atoms with E-state index in [9.17, 15) is 0 Å². The molecule has 1 nitrogen and oxygen atoms in total. The number of fused-ring (bicyclic) bond motifs is 2. The molecule has 2 aliphatic rings. The number of hydrogen-bond acceptors (Lipinski definition) is 1. The molecule has 1 aliphatic carbocycles. The Bertz CT molecular complexity index is 347. The van der Waals surface area contributed by atoms with E-state index in [0.29, 0.717) is 0 Å². The fraction of sp³-hybridized carbons (Fsp3) is 0.538. The Kier molecular flexibility index (Phi) is 1.79. The van der Waals surface area contributed by atoms with Gasteiger partial charge < -0.3 is 4.74 Å². The van der Waals surface area contributed by atoms with Gasteiger partial charge >= 0.3 is 0 Å². The van der Waals surface area contributed by atoms with Gasteiger partial charge in [-0.25, -0.2) is 0 Å². The topological polar surface area (TPSA) is 9.23 Å². The summed E-state index contributed by atoms with van der Waals surface area (Å²) in [5, 5.41) is 0. The van der Waals surface area contributed by atoms with E-state index in [1.54, 1.807) is 16.7 Å². The average molecular weight is 188 g/mol. The molecule has 74 valence electrons. The number of rotatable bonds is 1. The summed E-state index contributed by atoms with van der Waals surface area (Å²) >= 11 is 0. The molecule has 0 spiro atoms. The number of hydrogen-bond donors (Lipinski definition) is 0. The van der Waals surface area contributed by atoms with E-state index >= 15 is 0 Å². The quantitative estimate of drug-likeness (QED) is 0.658. The van der Waals surface area contributed by atoms with E-state index in [0.717, 1.165) is 13.0 Å². The molecule has 1 heterocycles. The lowest BCUT2D eigenvalue weighted by molar-refractivity contribution is 0.356. The molecule has 0 saturated heterocycles. The zero-order valence-corrected chi connectivity index (χ0v) is 8.73. The van der Waals surface area contributed by atoms with Crippen molar-refractivity contribution in [2.45, 2.75) is 39.0 Å². The maximum absolute atomic E-state index is 5.67. The Balaban J connectivity index is 2.24. The molecule has 0 aromatic heterocycles. The van der Waals surface area contributed by atoms with Crippen LogP contribution in [0.3, 0.4) is 0 Å². The second kappa shape index (κ2) is 3.01. The Hall–Kier alpha value is -0.980. The average Bonchev–Trinajstić information content (AvgIpc) is 2.80. The van der Waals surface area contributed by atoms with Crippen LogP contribution in [0.25, 0.3) is 0 Å². The predicted octanol–water partition coefficient (Wildman–Crippen LogP) is 2.67. The van der Waals surface area contributed by atoms with Gasteiger partial charge in [-0.2, -0.15) is 0 Å². The van der Waals surface area contributed by atoms with Crippen molar-refractivity contribution in [3.8, 4) is 5.75 Å². The summed E-state index contributed by atoms with van der Waals surface area (Å²) in [7, 11) is 0. The molecule has 14 heavy (non-hydrogen) atoms. The van der Waals surface area contributed by atoms with Crippen molar-refractivity contribution in [1.82, 2.24) is 0 Å². The molecule has 0 radical (unpaired) electrons. The van der Waals surface area contributed by atoms with Gasteiger partial charge in [-0.3, -0.25) is 0 Å². The van der Waals surface area contributed by atoms with Crippen molar-refractivity contribution < 1.29 is 4.74 Å². The Morgan fingerprint density at radius 3 is 3.00 bits per heavy atom. The first-order valence-electron chi connectivity index (χ1n) is 5.69. The number of aryl methyl sites for hydroxylation is 1. The van der Waals surface area contributed by atoms with Crippen LogP contribution in [-0.2, 0) is 25.7 Å². The van der Waals surface area contributed by atoms with Crippen molar-refractivity contribution in [2.75, 3.05) is 6.61 Å². The molecular formula is C13H16O. The van der Waals surface area contributed by atoms with Gasteiger partial charge in [0.05, 0.1) is 6.61 Å². The molecule has 0 unspecified atom stereocenters.